The van der Waals surface area contributed by atoms with Crippen LogP contribution < -0.4 is 30.3 Å². The molecule has 0 aromatic heterocycles. The largest absolute Gasteiger partial charge is 1.00 e. The number of nitrogens with two attached hydrogens (primary N) is 2. The second-order valence-corrected chi connectivity index (χ2v) is 0.258. The van der Waals surface area contributed by atoms with Crippen molar-refractivity contribution in [3.05, 3.63) is 0 Å². The number of hydrogen-bond acceptors (Lipinski definition) is 4. The summed E-state index contributed by atoms with van der Waals surface area (Å²) >= 11 is 0. The van der Waals surface area contributed by atoms with E-state index in [1.165, 1.54) is 12.4 Å². The fourth-order valence-corrected chi connectivity index (χ4v) is 0. The quantitative estimate of drug-likeness (QED) is 0.179. The third kappa shape index (κ3) is 77.2. The van der Waals surface area contributed by atoms with Gasteiger partial charge >= 0.3 is 18.9 Å². The Balaban J connectivity index is -0.0000000400. The van der Waals surface area contributed by atoms with E-state index in [2.05, 4.69) is 11.5 Å². The Labute approximate surface area is 53.9 Å². The van der Waals surface area contributed by atoms with E-state index in [0.717, 1.165) is 0 Å². The molecule has 0 radical (unpaired) electrons. The average Bonchev–Trinajstić information content (AvgIpc) is 1.39. The van der Waals surface area contributed by atoms with Gasteiger partial charge in [0.1, 0.15) is 0 Å². The summed E-state index contributed by atoms with van der Waals surface area (Å²) in [6, 6.07) is 0. The van der Waals surface area contributed by atoms with Gasteiger partial charge in [0.05, 0.1) is 0 Å². The predicted octanol–water partition coefficient (Wildman–Crippen LogP) is -4.14. The van der Waals surface area contributed by atoms with Gasteiger partial charge in [0, 0.05) is 0 Å². The molecule has 4 N–H and O–H groups in total. The van der Waals surface area contributed by atoms with E-state index in [0.29, 0.717) is 0 Å². The molecule has 5 heteroatoms. The predicted molar refractivity (Wildman–Crippen MR) is 19.6 cm³/mol. The van der Waals surface area contributed by atoms with Gasteiger partial charge in [-0.1, -0.05) is 0 Å². The molecule has 0 saturated heterocycles. The Morgan fingerprint density at radius 1 is 1.00 bits per heavy atom. The molecular weight excluding hydrogens is 87.0 g/mol. The van der Waals surface area contributed by atoms with E-state index < -0.39 is 0 Å². The van der Waals surface area contributed by atoms with Gasteiger partial charge in [-0.15, -0.1) is 0 Å². The Kier molecular flexibility index (Phi) is 153. The van der Waals surface area contributed by atoms with Crippen LogP contribution in [0.3, 0.4) is 0 Å². The minimum Gasteiger partial charge on any atom is -0.337 e. The first-order chi connectivity index (χ1) is 2.83. The minimum atomic E-state index is 0. The molecule has 0 unspecified atom stereocenters. The van der Waals surface area contributed by atoms with Crippen LogP contribution in [0, 0.1) is 22.9 Å². The molecule has 0 fully saturated rings. The molecule has 32 valence electrons. The van der Waals surface area contributed by atoms with Crippen molar-refractivity contribution < 1.29 is 18.9 Å². The summed E-state index contributed by atoms with van der Waals surface area (Å²) in [6.07, 6.45) is 2.50. The van der Waals surface area contributed by atoms with Crippen LogP contribution in [0.2, 0.25) is 0 Å². The molecule has 0 saturated carbocycles. The van der Waals surface area contributed by atoms with Crippen LogP contribution in [0.1, 0.15) is 0 Å². The van der Waals surface area contributed by atoms with E-state index in [9.17, 15) is 0 Å². The number of nitrogens with zero attached hydrogens (tertiary/aromatic N) is 2. The Hall–Kier alpha value is -0.823. The van der Waals surface area contributed by atoms with Crippen molar-refractivity contribution in [1.29, 1.82) is 10.5 Å². The second-order valence-electron chi connectivity index (χ2n) is 0.258. The molecule has 0 aromatic rings. The van der Waals surface area contributed by atoms with E-state index in [-0.39, 0.29) is 18.9 Å². The first kappa shape index (κ1) is 16.4. The zero-order valence-corrected chi connectivity index (χ0v) is 4.05. The van der Waals surface area contributed by atoms with E-state index in [1.807, 2.05) is 0 Å². The van der Waals surface area contributed by atoms with Crippen molar-refractivity contribution in [1.82, 2.24) is 0 Å². The van der Waals surface area contributed by atoms with Crippen molar-refractivity contribution in [3.63, 3.8) is 0 Å². The molecule has 0 aliphatic heterocycles. The van der Waals surface area contributed by atoms with Crippen LogP contribution in [0.15, 0.2) is 0 Å². The molecule has 0 spiro atoms. The van der Waals surface area contributed by atoms with Gasteiger partial charge in [0.15, 0.2) is 12.4 Å². The summed E-state index contributed by atoms with van der Waals surface area (Å²) in [7, 11) is 0. The van der Waals surface area contributed by atoms with Crippen LogP contribution in [-0.4, -0.2) is 0 Å². The van der Waals surface area contributed by atoms with Crippen molar-refractivity contribution in [2.75, 3.05) is 0 Å². The molecule has 7 heavy (non-hydrogen) atoms. The standard InChI is InChI=1S/2CH2N2.Li/c2*2-1-3;/h2*2H2;/q;;+1. The maximum absolute atomic E-state index is 7.10. The molecule has 0 bridgehead atoms. The molecule has 0 aliphatic rings. The van der Waals surface area contributed by atoms with Crippen LogP contribution in [0.5, 0.6) is 0 Å². The third-order valence-corrected chi connectivity index (χ3v) is 0. The van der Waals surface area contributed by atoms with Gasteiger partial charge in [0.25, 0.3) is 0 Å². The molecule has 0 amide bonds. The van der Waals surface area contributed by atoms with Crippen LogP contribution in [0.4, 0.5) is 0 Å². The zero-order chi connectivity index (χ0) is 5.41. The number of nitriles is 2. The molecule has 0 heterocycles. The second kappa shape index (κ2) is 65.2. The van der Waals surface area contributed by atoms with Gasteiger partial charge in [-0.2, -0.15) is 10.5 Å². The van der Waals surface area contributed by atoms with Gasteiger partial charge in [-0.05, 0) is 0 Å². The van der Waals surface area contributed by atoms with Gasteiger partial charge in [0.2, 0.25) is 0 Å². The molecule has 4 nitrogen and oxygen atoms in total. The maximum atomic E-state index is 7.10. The number of rotatable bonds is 0. The Morgan fingerprint density at radius 2 is 1.00 bits per heavy atom. The minimum absolute atomic E-state index is 0. The summed E-state index contributed by atoms with van der Waals surface area (Å²) in [5, 5.41) is 14.2. The van der Waals surface area contributed by atoms with E-state index >= 15 is 0 Å². The molecule has 0 aliphatic carbocycles. The molecule has 0 rings (SSSR count). The molecular formula is C2H4LiN4+. The fourth-order valence-electron chi connectivity index (χ4n) is 0. The third-order valence-electron chi connectivity index (χ3n) is 0. The van der Waals surface area contributed by atoms with Crippen molar-refractivity contribution in [3.8, 4) is 12.4 Å². The van der Waals surface area contributed by atoms with Gasteiger partial charge < -0.3 is 11.5 Å². The van der Waals surface area contributed by atoms with Crippen LogP contribution in [-0.2, 0) is 0 Å². The van der Waals surface area contributed by atoms with Crippen molar-refractivity contribution >= 4 is 0 Å². The molecule has 0 atom stereocenters. The number of hydrogen-bond donors (Lipinski definition) is 2. The summed E-state index contributed by atoms with van der Waals surface area (Å²) < 4.78 is 0. The summed E-state index contributed by atoms with van der Waals surface area (Å²) in [6.45, 7) is 0. The first-order valence-corrected chi connectivity index (χ1v) is 1.02. The summed E-state index contributed by atoms with van der Waals surface area (Å²) in [4.78, 5) is 0. The summed E-state index contributed by atoms with van der Waals surface area (Å²) in [5.41, 5.74) is 8.31. The van der Waals surface area contributed by atoms with E-state index in [4.69, 9.17) is 10.5 Å². The normalized spacial score (nSPS) is 2.00. The van der Waals surface area contributed by atoms with Crippen molar-refractivity contribution in [2.24, 2.45) is 11.5 Å². The zero-order valence-electron chi connectivity index (χ0n) is 4.05. The van der Waals surface area contributed by atoms with Crippen LogP contribution in [0.25, 0.3) is 0 Å². The average molecular weight is 91.0 g/mol. The maximum Gasteiger partial charge on any atom is 1.00 e. The van der Waals surface area contributed by atoms with Crippen molar-refractivity contribution in [2.45, 2.75) is 0 Å². The monoisotopic (exact) mass is 91.1 g/mol. The Bertz CT molecular complexity index is 64.7. The Morgan fingerprint density at radius 3 is 1.00 bits per heavy atom. The topological polar surface area (TPSA) is 99.6 Å². The smallest absolute Gasteiger partial charge is 0.337 e. The fraction of sp³-hybridized carbons (Fsp3) is 0. The SMILES string of the molecule is N#CN.N#CN.[Li+]. The van der Waals surface area contributed by atoms with Crippen LogP contribution >= 0.6 is 0 Å². The summed E-state index contributed by atoms with van der Waals surface area (Å²) in [5.74, 6) is 0. The first-order valence-electron chi connectivity index (χ1n) is 1.02. The molecule has 0 aromatic carbocycles. The van der Waals surface area contributed by atoms with Gasteiger partial charge in [-0.25, -0.2) is 0 Å². The van der Waals surface area contributed by atoms with E-state index in [1.54, 1.807) is 0 Å². The van der Waals surface area contributed by atoms with Gasteiger partial charge in [-0.3, -0.25) is 0 Å².